The van der Waals surface area contributed by atoms with Gasteiger partial charge in [0.05, 0.1) is 11.3 Å². The zero-order chi connectivity index (χ0) is 16.5. The van der Waals surface area contributed by atoms with Crippen molar-refractivity contribution < 1.29 is 4.79 Å². The molecule has 2 aromatic rings. The number of pyridine rings is 1. The highest BCUT2D eigenvalue weighted by Crippen LogP contribution is 2.38. The van der Waals surface area contributed by atoms with E-state index in [1.807, 2.05) is 24.0 Å². The van der Waals surface area contributed by atoms with E-state index in [-0.39, 0.29) is 5.91 Å². The van der Waals surface area contributed by atoms with Crippen molar-refractivity contribution >= 4 is 11.6 Å². The highest BCUT2D eigenvalue weighted by Gasteiger charge is 2.28. The second-order valence-electron chi connectivity index (χ2n) is 6.49. The van der Waals surface area contributed by atoms with E-state index < -0.39 is 0 Å². The van der Waals surface area contributed by atoms with Gasteiger partial charge >= 0.3 is 0 Å². The van der Waals surface area contributed by atoms with Crippen LogP contribution in [0.15, 0.2) is 30.7 Å². The van der Waals surface area contributed by atoms with Gasteiger partial charge in [-0.05, 0) is 31.9 Å². The van der Waals surface area contributed by atoms with Gasteiger partial charge in [0.15, 0.2) is 0 Å². The second kappa shape index (κ2) is 6.19. The maximum absolute atomic E-state index is 12.8. The lowest BCUT2D eigenvalue weighted by molar-refractivity contribution is 0.0745. The fourth-order valence-electron chi connectivity index (χ4n) is 3.13. The van der Waals surface area contributed by atoms with Crippen LogP contribution in [-0.4, -0.2) is 51.9 Å². The molecule has 0 aromatic carbocycles. The minimum absolute atomic E-state index is 0.0456. The van der Waals surface area contributed by atoms with Crippen molar-refractivity contribution in [3.05, 3.63) is 47.8 Å². The van der Waals surface area contributed by atoms with E-state index >= 15 is 0 Å². The number of anilines is 1. The molecule has 3 heterocycles. The van der Waals surface area contributed by atoms with Gasteiger partial charge in [-0.25, -0.2) is 9.97 Å². The summed E-state index contributed by atoms with van der Waals surface area (Å²) in [6, 6.07) is 4.01. The first-order chi connectivity index (χ1) is 11.7. The summed E-state index contributed by atoms with van der Waals surface area (Å²) >= 11 is 0. The molecule has 1 aliphatic heterocycles. The molecule has 2 fully saturated rings. The Labute approximate surface area is 141 Å². The summed E-state index contributed by atoms with van der Waals surface area (Å²) in [5.74, 6) is 1.45. The summed E-state index contributed by atoms with van der Waals surface area (Å²) in [6.07, 6.45) is 7.66. The Hall–Kier alpha value is -2.50. The van der Waals surface area contributed by atoms with Gasteiger partial charge in [0.2, 0.25) is 0 Å². The number of aryl methyl sites for hydroxylation is 1. The first kappa shape index (κ1) is 15.1. The smallest absolute Gasteiger partial charge is 0.257 e. The van der Waals surface area contributed by atoms with Crippen LogP contribution < -0.4 is 4.90 Å². The number of hydrogen-bond acceptors (Lipinski definition) is 5. The summed E-state index contributed by atoms with van der Waals surface area (Å²) in [7, 11) is 0. The van der Waals surface area contributed by atoms with Gasteiger partial charge in [0, 0.05) is 56.4 Å². The van der Waals surface area contributed by atoms with Crippen molar-refractivity contribution in [2.24, 2.45) is 0 Å². The van der Waals surface area contributed by atoms with Crippen LogP contribution in [0.25, 0.3) is 0 Å². The van der Waals surface area contributed by atoms with Crippen LogP contribution >= 0.6 is 0 Å². The largest absolute Gasteiger partial charge is 0.368 e. The van der Waals surface area contributed by atoms with Gasteiger partial charge in [-0.2, -0.15) is 0 Å². The third-order valence-electron chi connectivity index (χ3n) is 4.77. The minimum Gasteiger partial charge on any atom is -0.368 e. The molecular weight excluding hydrogens is 302 g/mol. The molecule has 6 nitrogen and oxygen atoms in total. The van der Waals surface area contributed by atoms with Crippen molar-refractivity contribution in [3.63, 3.8) is 0 Å². The maximum atomic E-state index is 12.8. The number of carbonyl (C=O) groups excluding carboxylic acids is 1. The number of nitrogens with zero attached hydrogens (tertiary/aromatic N) is 5. The lowest BCUT2D eigenvalue weighted by Crippen LogP contribution is -2.49. The summed E-state index contributed by atoms with van der Waals surface area (Å²) < 4.78 is 0. The standard InChI is InChI=1S/C18H21N5O/c1-13-16(12-20-17(21-13)14-2-3-14)18(24)23-10-8-22(9-11-23)15-4-6-19-7-5-15/h4-7,12,14H,2-3,8-11H2,1H3. The van der Waals surface area contributed by atoms with E-state index in [0.29, 0.717) is 24.6 Å². The summed E-state index contributed by atoms with van der Waals surface area (Å²) in [6.45, 7) is 5.00. The lowest BCUT2D eigenvalue weighted by atomic mass is 10.2. The molecule has 124 valence electrons. The van der Waals surface area contributed by atoms with E-state index in [4.69, 9.17) is 0 Å². The average Bonchev–Trinajstić information content (AvgIpc) is 3.47. The number of hydrogen-bond donors (Lipinski definition) is 0. The Balaban J connectivity index is 1.43. The predicted octanol–water partition coefficient (Wildman–Crippen LogP) is 2.02. The number of amides is 1. The fourth-order valence-corrected chi connectivity index (χ4v) is 3.13. The lowest BCUT2D eigenvalue weighted by Gasteiger charge is -2.36. The van der Waals surface area contributed by atoms with Gasteiger partial charge in [0.1, 0.15) is 5.82 Å². The van der Waals surface area contributed by atoms with Gasteiger partial charge in [-0.3, -0.25) is 9.78 Å². The van der Waals surface area contributed by atoms with Crippen LogP contribution in [0, 0.1) is 6.92 Å². The highest BCUT2D eigenvalue weighted by atomic mass is 16.2. The average molecular weight is 323 g/mol. The molecule has 4 rings (SSSR count). The number of aromatic nitrogens is 3. The molecule has 0 N–H and O–H groups in total. The van der Waals surface area contributed by atoms with Crippen LogP contribution in [0.5, 0.6) is 0 Å². The molecule has 0 radical (unpaired) electrons. The molecule has 0 unspecified atom stereocenters. The van der Waals surface area contributed by atoms with Crippen LogP contribution in [-0.2, 0) is 0 Å². The Morgan fingerprint density at radius 3 is 2.46 bits per heavy atom. The molecule has 1 saturated heterocycles. The zero-order valence-corrected chi connectivity index (χ0v) is 13.9. The van der Waals surface area contributed by atoms with E-state index in [2.05, 4.69) is 19.9 Å². The van der Waals surface area contributed by atoms with Crippen LogP contribution in [0.4, 0.5) is 5.69 Å². The number of rotatable bonds is 3. The van der Waals surface area contributed by atoms with Crippen molar-refractivity contribution in [3.8, 4) is 0 Å². The quantitative estimate of drug-likeness (QED) is 0.865. The van der Waals surface area contributed by atoms with Gasteiger partial charge in [0.25, 0.3) is 5.91 Å². The molecule has 0 bridgehead atoms. The van der Waals surface area contributed by atoms with Gasteiger partial charge in [-0.1, -0.05) is 0 Å². The Morgan fingerprint density at radius 1 is 1.12 bits per heavy atom. The monoisotopic (exact) mass is 323 g/mol. The molecule has 2 aliphatic rings. The molecule has 0 atom stereocenters. The summed E-state index contributed by atoms with van der Waals surface area (Å²) in [5.41, 5.74) is 2.59. The molecule has 1 amide bonds. The normalized spacial score (nSPS) is 17.9. The Morgan fingerprint density at radius 2 is 1.83 bits per heavy atom. The van der Waals surface area contributed by atoms with E-state index in [9.17, 15) is 4.79 Å². The third-order valence-corrected chi connectivity index (χ3v) is 4.77. The molecule has 0 spiro atoms. The van der Waals surface area contributed by atoms with Crippen molar-refractivity contribution in [2.75, 3.05) is 31.1 Å². The molecular formula is C18H21N5O. The van der Waals surface area contributed by atoms with E-state index in [1.165, 1.54) is 12.8 Å². The maximum Gasteiger partial charge on any atom is 0.257 e. The topological polar surface area (TPSA) is 62.2 Å². The van der Waals surface area contributed by atoms with Crippen LogP contribution in [0.2, 0.25) is 0 Å². The highest BCUT2D eigenvalue weighted by molar-refractivity contribution is 5.95. The molecule has 1 aliphatic carbocycles. The Bertz CT molecular complexity index is 736. The predicted molar refractivity (Wildman–Crippen MR) is 91.1 cm³/mol. The third kappa shape index (κ3) is 2.96. The van der Waals surface area contributed by atoms with Crippen molar-refractivity contribution in [1.29, 1.82) is 0 Å². The fraction of sp³-hybridized carbons (Fsp3) is 0.444. The van der Waals surface area contributed by atoms with E-state index in [1.54, 1.807) is 18.6 Å². The van der Waals surface area contributed by atoms with Crippen LogP contribution in [0.3, 0.4) is 0 Å². The minimum atomic E-state index is 0.0456. The molecule has 6 heteroatoms. The van der Waals surface area contributed by atoms with Gasteiger partial charge in [-0.15, -0.1) is 0 Å². The Kier molecular flexibility index (Phi) is 3.88. The summed E-state index contributed by atoms with van der Waals surface area (Å²) in [4.78, 5) is 30.0. The van der Waals surface area contributed by atoms with E-state index in [0.717, 1.165) is 30.3 Å². The SMILES string of the molecule is Cc1nc(C2CC2)ncc1C(=O)N1CCN(c2ccncc2)CC1. The molecule has 24 heavy (non-hydrogen) atoms. The second-order valence-corrected chi connectivity index (χ2v) is 6.49. The van der Waals surface area contributed by atoms with Crippen LogP contribution in [0.1, 0.15) is 40.6 Å². The molecule has 1 saturated carbocycles. The van der Waals surface area contributed by atoms with Crippen molar-refractivity contribution in [1.82, 2.24) is 19.9 Å². The molecule has 2 aromatic heterocycles. The first-order valence-electron chi connectivity index (χ1n) is 8.50. The first-order valence-corrected chi connectivity index (χ1v) is 8.50. The zero-order valence-electron chi connectivity index (χ0n) is 13.9. The summed E-state index contributed by atoms with van der Waals surface area (Å²) in [5, 5.41) is 0. The number of carbonyl (C=O) groups is 1. The number of piperazine rings is 1. The van der Waals surface area contributed by atoms with Gasteiger partial charge < -0.3 is 9.80 Å². The van der Waals surface area contributed by atoms with Crippen molar-refractivity contribution in [2.45, 2.75) is 25.7 Å².